The summed E-state index contributed by atoms with van der Waals surface area (Å²) in [4.78, 5) is 26.2. The summed E-state index contributed by atoms with van der Waals surface area (Å²) < 4.78 is 16.6. The summed E-state index contributed by atoms with van der Waals surface area (Å²) in [6.07, 6.45) is 3.01. The van der Waals surface area contributed by atoms with Gasteiger partial charge < -0.3 is 29.0 Å². The van der Waals surface area contributed by atoms with Gasteiger partial charge in [-0.2, -0.15) is 0 Å². The second-order valence-electron chi connectivity index (χ2n) is 6.97. The second-order valence-corrected chi connectivity index (χ2v) is 6.97. The van der Waals surface area contributed by atoms with E-state index in [-0.39, 0.29) is 18.7 Å². The third kappa shape index (κ3) is 1.84. The van der Waals surface area contributed by atoms with Gasteiger partial charge in [-0.3, -0.25) is 4.79 Å². The molecule has 4 heterocycles. The molecule has 25 heavy (non-hydrogen) atoms. The smallest absolute Gasteiger partial charge is 0.231 e. The summed E-state index contributed by atoms with van der Waals surface area (Å²) in [5.74, 6) is -1.74. The molecule has 7 heteroatoms. The zero-order valence-electron chi connectivity index (χ0n) is 13.5. The summed E-state index contributed by atoms with van der Waals surface area (Å²) in [5.41, 5.74) is 0.0503. The number of carboxylic acid groups (broad SMARTS) is 1. The van der Waals surface area contributed by atoms with Gasteiger partial charge in [-0.25, -0.2) is 0 Å². The van der Waals surface area contributed by atoms with Gasteiger partial charge in [0.2, 0.25) is 12.7 Å². The Hall–Kier alpha value is -2.54. The number of amides is 1. The minimum absolute atomic E-state index is 0.189. The Morgan fingerprint density at radius 2 is 2.16 bits per heavy atom. The molecule has 2 bridgehead atoms. The summed E-state index contributed by atoms with van der Waals surface area (Å²) in [5, 5.41) is 11.5. The number of ether oxygens (including phenoxy) is 3. The third-order valence-electron chi connectivity index (χ3n) is 5.75. The molecule has 0 aromatic heterocycles. The average molecular weight is 342 g/mol. The number of carbonyl (C=O) groups excluding carboxylic acids is 2. The van der Waals surface area contributed by atoms with Crippen molar-refractivity contribution in [3.05, 3.63) is 35.9 Å². The van der Waals surface area contributed by atoms with Crippen molar-refractivity contribution in [3.8, 4) is 11.5 Å². The first-order valence-corrected chi connectivity index (χ1v) is 8.28. The van der Waals surface area contributed by atoms with Gasteiger partial charge >= 0.3 is 0 Å². The maximum atomic E-state index is 13.0. The topological polar surface area (TPSA) is 88.1 Å². The number of carbonyl (C=O) groups is 2. The molecule has 1 spiro atoms. The Balaban J connectivity index is 1.47. The Kier molecular flexibility index (Phi) is 2.81. The number of hydrogen-bond donors (Lipinski definition) is 0. The van der Waals surface area contributed by atoms with Crippen molar-refractivity contribution in [2.45, 2.75) is 24.7 Å². The van der Waals surface area contributed by atoms with Gasteiger partial charge in [0.1, 0.15) is 5.60 Å². The van der Waals surface area contributed by atoms with Crippen molar-refractivity contribution < 1.29 is 28.9 Å². The van der Waals surface area contributed by atoms with Crippen LogP contribution in [-0.2, 0) is 14.3 Å². The number of hydrogen-bond acceptors (Lipinski definition) is 6. The molecule has 4 aliphatic heterocycles. The van der Waals surface area contributed by atoms with Crippen LogP contribution in [0.3, 0.4) is 0 Å². The van der Waals surface area contributed by atoms with Crippen LogP contribution < -0.4 is 14.6 Å². The molecular formula is C18H16NO6-. The lowest BCUT2D eigenvalue weighted by Crippen LogP contribution is -2.45. The molecule has 2 fully saturated rings. The van der Waals surface area contributed by atoms with Crippen LogP contribution in [0.5, 0.6) is 11.5 Å². The van der Waals surface area contributed by atoms with E-state index in [0.717, 1.165) is 5.56 Å². The van der Waals surface area contributed by atoms with Crippen molar-refractivity contribution in [1.29, 1.82) is 0 Å². The van der Waals surface area contributed by atoms with Gasteiger partial charge in [-0.05, 0) is 24.6 Å². The first-order chi connectivity index (χ1) is 12.0. The first-order valence-electron chi connectivity index (χ1n) is 8.28. The molecule has 2 saturated heterocycles. The third-order valence-corrected chi connectivity index (χ3v) is 5.75. The number of fused-ring (bicyclic) bond motifs is 2. The van der Waals surface area contributed by atoms with Crippen molar-refractivity contribution in [2.24, 2.45) is 11.8 Å². The number of rotatable bonds is 3. The molecule has 0 N–H and O–H groups in total. The lowest BCUT2D eigenvalue weighted by Gasteiger charge is -2.28. The average Bonchev–Trinajstić information content (AvgIpc) is 3.33. The van der Waals surface area contributed by atoms with Gasteiger partial charge in [0.15, 0.2) is 11.5 Å². The van der Waals surface area contributed by atoms with Crippen LogP contribution in [0.25, 0.3) is 0 Å². The fourth-order valence-electron chi connectivity index (χ4n) is 4.48. The van der Waals surface area contributed by atoms with Crippen molar-refractivity contribution in [2.75, 3.05) is 13.3 Å². The Labute approximate surface area is 143 Å². The number of aliphatic carboxylic acids is 1. The largest absolute Gasteiger partial charge is 0.550 e. The molecule has 7 nitrogen and oxygen atoms in total. The predicted molar refractivity (Wildman–Crippen MR) is 81.4 cm³/mol. The molecule has 0 radical (unpaired) electrons. The normalized spacial score (nSPS) is 35.3. The van der Waals surface area contributed by atoms with E-state index in [2.05, 4.69) is 0 Å². The second kappa shape index (κ2) is 4.76. The summed E-state index contributed by atoms with van der Waals surface area (Å²) in [7, 11) is 0. The first kappa shape index (κ1) is 14.8. The van der Waals surface area contributed by atoms with E-state index in [9.17, 15) is 14.7 Å². The maximum Gasteiger partial charge on any atom is 0.231 e. The van der Waals surface area contributed by atoms with E-state index >= 15 is 0 Å². The lowest BCUT2D eigenvalue weighted by atomic mass is 9.77. The van der Waals surface area contributed by atoms with Gasteiger partial charge in [-0.15, -0.1) is 0 Å². The highest BCUT2D eigenvalue weighted by Crippen LogP contribution is 2.53. The number of nitrogens with zero attached hydrogens (tertiary/aromatic N) is 1. The molecule has 1 aromatic rings. The van der Waals surface area contributed by atoms with Crippen molar-refractivity contribution in [3.63, 3.8) is 0 Å². The maximum absolute atomic E-state index is 13.0. The summed E-state index contributed by atoms with van der Waals surface area (Å²) in [6, 6.07) is 5.33. The zero-order chi connectivity index (χ0) is 17.3. The number of likely N-dealkylation sites (tertiary alicyclic amines) is 1. The predicted octanol–water partition coefficient (Wildman–Crippen LogP) is 0.00820. The van der Waals surface area contributed by atoms with Gasteiger partial charge in [0, 0.05) is 11.9 Å². The van der Waals surface area contributed by atoms with E-state index in [1.165, 1.54) is 0 Å². The SMILES string of the molecule is C[C@@H](c1ccc2c(c1)OCO2)N1C[C@@]23C=C[C@@H](O2)[C@H](C(=O)[O-])[C@@H]3C1=O. The van der Waals surface area contributed by atoms with E-state index in [4.69, 9.17) is 14.2 Å². The molecule has 1 amide bonds. The molecule has 5 atom stereocenters. The highest BCUT2D eigenvalue weighted by atomic mass is 16.7. The molecule has 4 aliphatic rings. The van der Waals surface area contributed by atoms with Crippen LogP contribution in [0.1, 0.15) is 18.5 Å². The van der Waals surface area contributed by atoms with Crippen LogP contribution in [-0.4, -0.2) is 41.8 Å². The number of carboxylic acids is 1. The molecule has 0 saturated carbocycles. The summed E-state index contributed by atoms with van der Waals surface area (Å²) in [6.45, 7) is 2.44. The monoisotopic (exact) mass is 342 g/mol. The van der Waals surface area contributed by atoms with Gasteiger partial charge in [0.25, 0.3) is 0 Å². The van der Waals surface area contributed by atoms with E-state index in [1.807, 2.05) is 31.2 Å². The van der Waals surface area contributed by atoms with Crippen LogP contribution >= 0.6 is 0 Å². The molecule has 1 aromatic carbocycles. The van der Waals surface area contributed by atoms with Crippen LogP contribution in [0, 0.1) is 11.8 Å². The van der Waals surface area contributed by atoms with Gasteiger partial charge in [-0.1, -0.05) is 18.2 Å². The van der Waals surface area contributed by atoms with Crippen LogP contribution in [0.15, 0.2) is 30.4 Å². The van der Waals surface area contributed by atoms with E-state index in [0.29, 0.717) is 18.0 Å². The Morgan fingerprint density at radius 3 is 2.96 bits per heavy atom. The molecule has 0 unspecified atom stereocenters. The van der Waals surface area contributed by atoms with Crippen LogP contribution in [0.4, 0.5) is 0 Å². The van der Waals surface area contributed by atoms with E-state index < -0.39 is 29.5 Å². The molecule has 0 aliphatic carbocycles. The van der Waals surface area contributed by atoms with Crippen molar-refractivity contribution >= 4 is 11.9 Å². The Bertz CT molecular complexity index is 820. The van der Waals surface area contributed by atoms with Gasteiger partial charge in [0.05, 0.1) is 24.6 Å². The zero-order valence-corrected chi connectivity index (χ0v) is 13.5. The quantitative estimate of drug-likeness (QED) is 0.719. The summed E-state index contributed by atoms with van der Waals surface area (Å²) >= 11 is 0. The Morgan fingerprint density at radius 1 is 1.36 bits per heavy atom. The molecule has 5 rings (SSSR count). The fourth-order valence-corrected chi connectivity index (χ4v) is 4.48. The lowest BCUT2D eigenvalue weighted by molar-refractivity contribution is -0.313. The van der Waals surface area contributed by atoms with Crippen molar-refractivity contribution in [1.82, 2.24) is 4.90 Å². The minimum atomic E-state index is -1.23. The van der Waals surface area contributed by atoms with E-state index in [1.54, 1.807) is 11.0 Å². The standard InChI is InChI=1S/C18H17NO6/c1-9(10-2-3-11-13(6-10)24-8-23-11)19-7-18-5-4-12(25-18)14(17(21)22)15(18)16(19)20/h2-6,9,12,14-15H,7-8H2,1H3,(H,21,22)/p-1/t9-,12+,14-,15+,18+/m0/s1. The fraction of sp³-hybridized carbons (Fsp3) is 0.444. The minimum Gasteiger partial charge on any atom is -0.550 e. The highest BCUT2D eigenvalue weighted by Gasteiger charge is 2.65. The molecule has 130 valence electrons. The number of benzene rings is 1. The molecular weight excluding hydrogens is 326 g/mol. The van der Waals surface area contributed by atoms with Crippen LogP contribution in [0.2, 0.25) is 0 Å². The highest BCUT2D eigenvalue weighted by molar-refractivity contribution is 5.90.